The molecule has 1 aliphatic heterocycles. The smallest absolute Gasteiger partial charge is 0.399 e. The van der Waals surface area contributed by atoms with Gasteiger partial charge in [-0.3, -0.25) is 4.72 Å². The Labute approximate surface area is 155 Å². The van der Waals surface area contributed by atoms with Crippen molar-refractivity contribution in [2.45, 2.75) is 69.8 Å². The lowest BCUT2D eigenvalue weighted by Crippen LogP contribution is -2.41. The third-order valence-corrected chi connectivity index (χ3v) is 7.42. The molecule has 0 radical (unpaired) electrons. The summed E-state index contributed by atoms with van der Waals surface area (Å²) in [5, 5.41) is -0.578. The lowest BCUT2D eigenvalue weighted by molar-refractivity contribution is 0.00578. The first kappa shape index (κ1) is 19.6. The van der Waals surface area contributed by atoms with Crippen LogP contribution in [0.1, 0.15) is 54.8 Å². The molecule has 1 N–H and O–H groups in total. The first-order valence-electron chi connectivity index (χ1n) is 8.79. The van der Waals surface area contributed by atoms with Crippen molar-refractivity contribution < 1.29 is 27.9 Å². The van der Waals surface area contributed by atoms with E-state index < -0.39 is 50.9 Å². The highest BCUT2D eigenvalue weighted by molar-refractivity contribution is 7.93. The van der Waals surface area contributed by atoms with Gasteiger partial charge in [0.1, 0.15) is 11.6 Å². The Morgan fingerprint density at radius 1 is 1.12 bits per heavy atom. The van der Waals surface area contributed by atoms with Crippen molar-refractivity contribution in [1.29, 1.82) is 0 Å². The largest absolute Gasteiger partial charge is 0.498 e. The van der Waals surface area contributed by atoms with E-state index in [9.17, 15) is 17.2 Å². The van der Waals surface area contributed by atoms with E-state index in [0.717, 1.165) is 25.0 Å². The van der Waals surface area contributed by atoms with Crippen molar-refractivity contribution >= 4 is 28.3 Å². The molecule has 146 valence electrons. The van der Waals surface area contributed by atoms with Crippen LogP contribution >= 0.6 is 0 Å². The van der Waals surface area contributed by atoms with Crippen LogP contribution in [-0.4, -0.2) is 32.0 Å². The summed E-state index contributed by atoms with van der Waals surface area (Å²) >= 11 is 0. The molecule has 2 aliphatic rings. The van der Waals surface area contributed by atoms with Crippen molar-refractivity contribution in [2.24, 2.45) is 0 Å². The Hall–Kier alpha value is -1.19. The number of nitrogens with one attached hydrogen (secondary N) is 1. The molecule has 1 aromatic rings. The van der Waals surface area contributed by atoms with Gasteiger partial charge in [-0.25, -0.2) is 17.2 Å². The minimum Gasteiger partial charge on any atom is -0.399 e. The van der Waals surface area contributed by atoms with Crippen LogP contribution in [-0.2, 0) is 19.3 Å². The highest BCUT2D eigenvalue weighted by Crippen LogP contribution is 2.37. The Morgan fingerprint density at radius 2 is 1.65 bits per heavy atom. The zero-order valence-corrected chi connectivity index (χ0v) is 16.3. The number of halogens is 2. The standard InChI is InChI=1S/C17H24BF2NO4S.H2/c1-16(2)17(3,4)25-18(24-16)13-9-11(19)10-14(15(13)20)21-26(22,23)12-7-5-6-8-12;/h9-10,12,21H,5-8H2,1-4H3;1H. The molecule has 9 heteroatoms. The topological polar surface area (TPSA) is 64.6 Å². The van der Waals surface area contributed by atoms with Crippen LogP contribution in [0.3, 0.4) is 0 Å². The molecule has 0 unspecified atom stereocenters. The van der Waals surface area contributed by atoms with E-state index >= 15 is 0 Å². The number of hydrogen-bond acceptors (Lipinski definition) is 4. The van der Waals surface area contributed by atoms with Gasteiger partial charge in [0.2, 0.25) is 10.0 Å². The molecule has 0 atom stereocenters. The normalized spacial score (nSPS) is 22.8. The van der Waals surface area contributed by atoms with Crippen LogP contribution in [0.4, 0.5) is 14.5 Å². The Kier molecular flexibility index (Phi) is 4.86. The Bertz CT molecular complexity index is 797. The lowest BCUT2D eigenvalue weighted by Gasteiger charge is -2.32. The predicted octanol–water partition coefficient (Wildman–Crippen LogP) is 3.19. The maximum absolute atomic E-state index is 15.0. The summed E-state index contributed by atoms with van der Waals surface area (Å²) in [6, 6.07) is 1.82. The van der Waals surface area contributed by atoms with E-state index in [-0.39, 0.29) is 6.89 Å². The van der Waals surface area contributed by atoms with E-state index in [1.165, 1.54) is 0 Å². The van der Waals surface area contributed by atoms with Crippen LogP contribution in [0.5, 0.6) is 0 Å². The number of benzene rings is 1. The lowest BCUT2D eigenvalue weighted by atomic mass is 9.78. The molecule has 3 rings (SSSR count). The number of sulfonamides is 1. The molecule has 1 saturated carbocycles. The molecule has 0 spiro atoms. The van der Waals surface area contributed by atoms with E-state index in [1.807, 2.05) is 0 Å². The van der Waals surface area contributed by atoms with Gasteiger partial charge in [0.15, 0.2) is 0 Å². The van der Waals surface area contributed by atoms with Gasteiger partial charge in [-0.15, -0.1) is 0 Å². The summed E-state index contributed by atoms with van der Waals surface area (Å²) in [5.41, 5.74) is -2.02. The first-order chi connectivity index (χ1) is 11.9. The molecule has 5 nitrogen and oxygen atoms in total. The van der Waals surface area contributed by atoms with Crippen LogP contribution in [0, 0.1) is 11.6 Å². The second-order valence-electron chi connectivity index (χ2n) is 8.00. The summed E-state index contributed by atoms with van der Waals surface area (Å²) in [7, 11) is -4.90. The molecule has 0 bridgehead atoms. The van der Waals surface area contributed by atoms with E-state index in [0.29, 0.717) is 12.8 Å². The highest BCUT2D eigenvalue weighted by Gasteiger charge is 2.52. The van der Waals surface area contributed by atoms with Crippen LogP contribution in [0.15, 0.2) is 12.1 Å². The summed E-state index contributed by atoms with van der Waals surface area (Å²) in [6.07, 6.45) is 2.68. The molecule has 1 aromatic carbocycles. The van der Waals surface area contributed by atoms with E-state index in [4.69, 9.17) is 9.31 Å². The van der Waals surface area contributed by atoms with Crippen molar-refractivity contribution in [3.8, 4) is 0 Å². The van der Waals surface area contributed by atoms with Crippen molar-refractivity contribution in [1.82, 2.24) is 0 Å². The number of hydrogen-bond donors (Lipinski definition) is 1. The molecule has 1 saturated heterocycles. The van der Waals surface area contributed by atoms with Crippen molar-refractivity contribution in [2.75, 3.05) is 4.72 Å². The predicted molar refractivity (Wildman–Crippen MR) is 99.0 cm³/mol. The van der Waals surface area contributed by atoms with Crippen LogP contribution in [0.2, 0.25) is 0 Å². The summed E-state index contributed by atoms with van der Waals surface area (Å²) in [6.45, 7) is 7.20. The van der Waals surface area contributed by atoms with Gasteiger partial charge >= 0.3 is 7.12 Å². The molecule has 0 aromatic heterocycles. The Balaban J connectivity index is 0.00000261. The van der Waals surface area contributed by atoms with Gasteiger partial charge in [0, 0.05) is 13.0 Å². The summed E-state index contributed by atoms with van der Waals surface area (Å²) < 4.78 is 67.7. The second kappa shape index (κ2) is 6.46. The first-order valence-corrected chi connectivity index (χ1v) is 10.3. The maximum Gasteiger partial charge on any atom is 0.498 e. The van der Waals surface area contributed by atoms with Gasteiger partial charge < -0.3 is 9.31 Å². The molecule has 26 heavy (non-hydrogen) atoms. The minimum atomic E-state index is -3.78. The van der Waals surface area contributed by atoms with Crippen LogP contribution in [0.25, 0.3) is 0 Å². The maximum atomic E-state index is 15.0. The molecular formula is C17H26BF2NO4S. The number of anilines is 1. The molecule has 2 fully saturated rings. The fourth-order valence-corrected chi connectivity index (χ4v) is 4.84. The quantitative estimate of drug-likeness (QED) is 0.804. The van der Waals surface area contributed by atoms with Crippen molar-refractivity contribution in [3.63, 3.8) is 0 Å². The van der Waals surface area contributed by atoms with Crippen molar-refractivity contribution in [3.05, 3.63) is 23.8 Å². The third-order valence-electron chi connectivity index (χ3n) is 5.57. The zero-order valence-electron chi connectivity index (χ0n) is 15.4. The van der Waals surface area contributed by atoms with Gasteiger partial charge in [0.25, 0.3) is 0 Å². The third kappa shape index (κ3) is 3.49. The van der Waals surface area contributed by atoms with E-state index in [1.54, 1.807) is 27.7 Å². The molecule has 1 aliphatic carbocycles. The fourth-order valence-electron chi connectivity index (χ4n) is 3.26. The molecular weight excluding hydrogens is 363 g/mol. The van der Waals surface area contributed by atoms with Gasteiger partial charge in [-0.1, -0.05) is 12.8 Å². The summed E-state index contributed by atoms with van der Waals surface area (Å²) in [5.74, 6) is -1.65. The summed E-state index contributed by atoms with van der Waals surface area (Å²) in [4.78, 5) is 0. The van der Waals surface area contributed by atoms with Crippen LogP contribution < -0.4 is 10.2 Å². The second-order valence-corrected chi connectivity index (χ2v) is 9.96. The molecule has 1 heterocycles. The average molecular weight is 389 g/mol. The zero-order chi connectivity index (χ0) is 19.3. The highest BCUT2D eigenvalue weighted by atomic mass is 32.2. The minimum absolute atomic E-state index is 0. The van der Waals surface area contributed by atoms with E-state index in [2.05, 4.69) is 4.72 Å². The monoisotopic (exact) mass is 389 g/mol. The van der Waals surface area contributed by atoms with Gasteiger partial charge in [-0.2, -0.15) is 0 Å². The fraction of sp³-hybridized carbons (Fsp3) is 0.647. The number of rotatable bonds is 4. The molecule has 0 amide bonds. The van der Waals surface area contributed by atoms with Gasteiger partial charge in [0.05, 0.1) is 22.1 Å². The average Bonchev–Trinajstić information content (AvgIpc) is 3.10. The van der Waals surface area contributed by atoms with Gasteiger partial charge in [-0.05, 0) is 46.6 Å². The Morgan fingerprint density at radius 3 is 2.19 bits per heavy atom. The SMILES string of the molecule is CC1(C)OB(c2cc(F)cc(NS(=O)(=O)C3CCCC3)c2F)OC1(C)C.[HH].